The molecule has 0 bridgehead atoms. The van der Waals surface area contributed by atoms with Gasteiger partial charge in [0, 0.05) is 35.6 Å². The highest BCUT2D eigenvalue weighted by Crippen LogP contribution is 2.34. The summed E-state index contributed by atoms with van der Waals surface area (Å²) in [5.74, 6) is 2.25. The molecule has 0 unspecified atom stereocenters. The summed E-state index contributed by atoms with van der Waals surface area (Å²) < 4.78 is 11.8. The third kappa shape index (κ3) is 5.74. The summed E-state index contributed by atoms with van der Waals surface area (Å²) >= 11 is 12.6. The summed E-state index contributed by atoms with van der Waals surface area (Å²) in [7, 11) is 0. The molecular weight excluding hydrogens is 445 g/mol. The highest BCUT2D eigenvalue weighted by atomic mass is 35.5. The van der Waals surface area contributed by atoms with Crippen molar-refractivity contribution in [1.82, 2.24) is 15.3 Å². The molecule has 2 N–H and O–H groups in total. The Morgan fingerprint density at radius 2 is 1.81 bits per heavy atom. The summed E-state index contributed by atoms with van der Waals surface area (Å²) in [5.41, 5.74) is 3.97. The quantitative estimate of drug-likeness (QED) is 0.272. The second-order valence-electron chi connectivity index (χ2n) is 7.37. The lowest BCUT2D eigenvalue weighted by atomic mass is 10.2. The Kier molecular flexibility index (Phi) is 7.53. The monoisotopic (exact) mass is 469 g/mol. The molecule has 0 aliphatic heterocycles. The van der Waals surface area contributed by atoms with Crippen LogP contribution < -0.4 is 14.8 Å². The van der Waals surface area contributed by atoms with Crippen LogP contribution in [-0.4, -0.2) is 23.1 Å². The van der Waals surface area contributed by atoms with Crippen molar-refractivity contribution in [3.05, 3.63) is 87.7 Å². The maximum Gasteiger partial charge on any atom is 0.163 e. The van der Waals surface area contributed by atoms with Gasteiger partial charge >= 0.3 is 0 Å². The zero-order valence-corrected chi connectivity index (χ0v) is 19.3. The van der Waals surface area contributed by atoms with Crippen molar-refractivity contribution in [3.63, 3.8) is 0 Å². The van der Waals surface area contributed by atoms with E-state index in [0.717, 1.165) is 41.0 Å². The van der Waals surface area contributed by atoms with E-state index in [1.54, 1.807) is 0 Å². The minimum Gasteiger partial charge on any atom is -0.490 e. The van der Waals surface area contributed by atoms with Gasteiger partial charge in [0.05, 0.1) is 17.6 Å². The second-order valence-corrected chi connectivity index (χ2v) is 8.21. The van der Waals surface area contributed by atoms with E-state index in [4.69, 9.17) is 32.7 Å². The van der Waals surface area contributed by atoms with Crippen LogP contribution in [0, 0.1) is 0 Å². The molecule has 0 aliphatic carbocycles. The van der Waals surface area contributed by atoms with E-state index in [0.29, 0.717) is 41.3 Å². The number of nitrogens with one attached hydrogen (secondary N) is 2. The standard InChI is InChI=1S/C25H25Cl2N3O2/c1-2-31-23-13-18(15-28-11-10-25-29-21-8-3-4-9-22(21)30-25)20(27)14-24(23)32-16-17-6-5-7-19(26)12-17/h3-9,12-14,28H,2,10-11,15-16H2,1H3,(H,29,30). The Bertz CT molecular complexity index is 1160. The first kappa shape index (κ1) is 22.5. The smallest absolute Gasteiger partial charge is 0.163 e. The van der Waals surface area contributed by atoms with Crippen molar-refractivity contribution >= 4 is 34.2 Å². The second kappa shape index (κ2) is 10.7. The lowest BCUT2D eigenvalue weighted by molar-refractivity contribution is 0.269. The minimum absolute atomic E-state index is 0.381. The maximum absolute atomic E-state index is 6.54. The summed E-state index contributed by atoms with van der Waals surface area (Å²) in [6.45, 7) is 4.25. The molecule has 5 nitrogen and oxygen atoms in total. The van der Waals surface area contributed by atoms with E-state index >= 15 is 0 Å². The summed E-state index contributed by atoms with van der Waals surface area (Å²) in [4.78, 5) is 7.96. The maximum atomic E-state index is 6.54. The van der Waals surface area contributed by atoms with E-state index in [2.05, 4.69) is 15.3 Å². The molecule has 166 valence electrons. The topological polar surface area (TPSA) is 59.2 Å². The third-order valence-corrected chi connectivity index (χ3v) is 5.58. The van der Waals surface area contributed by atoms with Crippen LogP contribution >= 0.6 is 23.2 Å². The molecule has 1 aromatic heterocycles. The molecule has 0 saturated carbocycles. The van der Waals surface area contributed by atoms with Crippen LogP contribution in [0.5, 0.6) is 11.5 Å². The van der Waals surface area contributed by atoms with Gasteiger partial charge in [-0.05, 0) is 48.4 Å². The number of fused-ring (bicyclic) bond motifs is 1. The Balaban J connectivity index is 1.37. The lowest BCUT2D eigenvalue weighted by Gasteiger charge is -2.15. The molecule has 32 heavy (non-hydrogen) atoms. The largest absolute Gasteiger partial charge is 0.490 e. The summed E-state index contributed by atoms with van der Waals surface area (Å²) in [6, 6.07) is 19.4. The SMILES string of the molecule is CCOc1cc(CNCCc2nc3ccccc3[nH]2)c(Cl)cc1OCc1cccc(Cl)c1. The van der Waals surface area contributed by atoms with Gasteiger partial charge in [0.15, 0.2) is 11.5 Å². The number of ether oxygens (including phenoxy) is 2. The van der Waals surface area contributed by atoms with Crippen molar-refractivity contribution in [2.75, 3.05) is 13.2 Å². The number of benzene rings is 3. The van der Waals surface area contributed by atoms with Crippen LogP contribution in [0.3, 0.4) is 0 Å². The highest BCUT2D eigenvalue weighted by Gasteiger charge is 2.12. The van der Waals surface area contributed by atoms with Crippen LogP contribution in [-0.2, 0) is 19.6 Å². The molecule has 1 heterocycles. The zero-order chi connectivity index (χ0) is 22.3. The van der Waals surface area contributed by atoms with E-state index in [1.807, 2.05) is 67.6 Å². The number of aromatic amines is 1. The number of halogens is 2. The molecule has 7 heteroatoms. The molecule has 0 atom stereocenters. The van der Waals surface area contributed by atoms with Gasteiger partial charge in [-0.25, -0.2) is 4.98 Å². The third-order valence-electron chi connectivity index (χ3n) is 4.99. The van der Waals surface area contributed by atoms with E-state index in [-0.39, 0.29) is 0 Å². The van der Waals surface area contributed by atoms with E-state index < -0.39 is 0 Å². The first-order chi connectivity index (χ1) is 15.6. The zero-order valence-electron chi connectivity index (χ0n) is 17.8. The van der Waals surface area contributed by atoms with Crippen molar-refractivity contribution in [1.29, 1.82) is 0 Å². The number of aromatic nitrogens is 2. The van der Waals surface area contributed by atoms with Gasteiger partial charge in [0.1, 0.15) is 12.4 Å². The minimum atomic E-state index is 0.381. The number of rotatable bonds is 10. The molecule has 0 saturated heterocycles. The van der Waals surface area contributed by atoms with Crippen LogP contribution in [0.15, 0.2) is 60.7 Å². The van der Waals surface area contributed by atoms with Gasteiger partial charge in [-0.2, -0.15) is 0 Å². The van der Waals surface area contributed by atoms with E-state index in [9.17, 15) is 0 Å². The molecule has 0 amide bonds. The molecular formula is C25H25Cl2N3O2. The predicted molar refractivity (Wildman–Crippen MR) is 130 cm³/mol. The van der Waals surface area contributed by atoms with Crippen molar-refractivity contribution < 1.29 is 9.47 Å². The fourth-order valence-electron chi connectivity index (χ4n) is 3.44. The number of H-pyrrole nitrogens is 1. The van der Waals surface area contributed by atoms with Crippen LogP contribution in [0.1, 0.15) is 23.9 Å². The first-order valence-corrected chi connectivity index (χ1v) is 11.3. The predicted octanol–water partition coefficient (Wildman–Crippen LogP) is 6.18. The lowest BCUT2D eigenvalue weighted by Crippen LogP contribution is -2.17. The summed E-state index contributed by atoms with van der Waals surface area (Å²) in [5, 5.41) is 4.74. The van der Waals surface area contributed by atoms with Gasteiger partial charge in [-0.3, -0.25) is 0 Å². The van der Waals surface area contributed by atoms with E-state index in [1.165, 1.54) is 0 Å². The number of hydrogen-bond donors (Lipinski definition) is 2. The van der Waals surface area contributed by atoms with Gasteiger partial charge in [0.25, 0.3) is 0 Å². The fraction of sp³-hybridized carbons (Fsp3) is 0.240. The average Bonchev–Trinajstić information content (AvgIpc) is 3.20. The Labute approximate surface area is 197 Å². The normalized spacial score (nSPS) is 11.1. The molecule has 0 aliphatic rings. The molecule has 4 aromatic rings. The number of hydrogen-bond acceptors (Lipinski definition) is 4. The van der Waals surface area contributed by atoms with Crippen LogP contribution in [0.4, 0.5) is 0 Å². The van der Waals surface area contributed by atoms with Gasteiger partial charge in [0.2, 0.25) is 0 Å². The number of imidazole rings is 1. The Morgan fingerprint density at radius 3 is 2.62 bits per heavy atom. The molecule has 0 radical (unpaired) electrons. The van der Waals surface area contributed by atoms with Crippen molar-refractivity contribution in [2.24, 2.45) is 0 Å². The highest BCUT2D eigenvalue weighted by molar-refractivity contribution is 6.31. The Morgan fingerprint density at radius 1 is 0.969 bits per heavy atom. The van der Waals surface area contributed by atoms with Gasteiger partial charge < -0.3 is 19.8 Å². The number of nitrogens with zero attached hydrogens (tertiary/aromatic N) is 1. The molecule has 0 fully saturated rings. The molecule has 4 rings (SSSR count). The van der Waals surface area contributed by atoms with Gasteiger partial charge in [-0.1, -0.05) is 47.5 Å². The van der Waals surface area contributed by atoms with Gasteiger partial charge in [-0.15, -0.1) is 0 Å². The summed E-state index contributed by atoms with van der Waals surface area (Å²) in [6.07, 6.45) is 0.797. The van der Waals surface area contributed by atoms with Crippen LogP contribution in [0.25, 0.3) is 11.0 Å². The number of para-hydroxylation sites is 2. The van der Waals surface area contributed by atoms with Crippen molar-refractivity contribution in [2.45, 2.75) is 26.5 Å². The molecule has 0 spiro atoms. The van der Waals surface area contributed by atoms with Crippen LogP contribution in [0.2, 0.25) is 10.0 Å². The molecule has 3 aromatic carbocycles. The average molecular weight is 470 g/mol. The van der Waals surface area contributed by atoms with Crippen molar-refractivity contribution in [3.8, 4) is 11.5 Å². The first-order valence-electron chi connectivity index (χ1n) is 10.6. The Hall–Kier alpha value is -2.73. The fourth-order valence-corrected chi connectivity index (χ4v) is 3.87.